The van der Waals surface area contributed by atoms with Gasteiger partial charge in [-0.2, -0.15) is 0 Å². The van der Waals surface area contributed by atoms with Crippen molar-refractivity contribution < 1.29 is 13.2 Å². The van der Waals surface area contributed by atoms with Gasteiger partial charge in [-0.05, 0) is 26.7 Å². The van der Waals surface area contributed by atoms with E-state index in [9.17, 15) is 13.2 Å². The number of nitrogens with zero attached hydrogens (tertiary/aromatic N) is 1. The van der Waals surface area contributed by atoms with Crippen LogP contribution in [0.3, 0.4) is 0 Å². The van der Waals surface area contributed by atoms with E-state index in [1.807, 2.05) is 13.8 Å². The number of carbonyl (C=O) groups excluding carboxylic acids is 1. The fourth-order valence-corrected chi connectivity index (χ4v) is 2.68. The number of urea groups is 1. The summed E-state index contributed by atoms with van der Waals surface area (Å²) in [5.74, 6) is 0. The number of rotatable bonds is 3. The molecule has 2 N–H and O–H groups in total. The predicted molar refractivity (Wildman–Crippen MR) is 66.2 cm³/mol. The number of sulfonamides is 1. The normalized spacial score (nSPS) is 18.5. The van der Waals surface area contributed by atoms with Crippen molar-refractivity contribution in [3.05, 3.63) is 0 Å². The van der Waals surface area contributed by atoms with Crippen LogP contribution in [-0.4, -0.2) is 50.8 Å². The molecule has 0 atom stereocenters. The molecule has 7 heteroatoms. The first-order chi connectivity index (χ1) is 7.78. The number of hydrogen-bond acceptors (Lipinski definition) is 3. The van der Waals surface area contributed by atoms with Gasteiger partial charge in [0.15, 0.2) is 0 Å². The standard InChI is InChI=1S/C10H21N3O3S/c1-8(2)11-10(14)13-6-4-9(5-7-13)12-17(3,15)16/h8-9,12H,4-7H2,1-3H3,(H,11,14). The molecule has 0 aromatic heterocycles. The number of piperidine rings is 1. The highest BCUT2D eigenvalue weighted by Crippen LogP contribution is 2.11. The first kappa shape index (κ1) is 14.2. The molecule has 17 heavy (non-hydrogen) atoms. The molecule has 0 radical (unpaired) electrons. The highest BCUT2D eigenvalue weighted by atomic mass is 32.2. The van der Waals surface area contributed by atoms with Crippen LogP contribution in [0.15, 0.2) is 0 Å². The van der Waals surface area contributed by atoms with E-state index in [4.69, 9.17) is 0 Å². The van der Waals surface area contributed by atoms with E-state index in [1.54, 1.807) is 4.90 Å². The zero-order valence-corrected chi connectivity index (χ0v) is 11.4. The molecule has 0 aromatic carbocycles. The molecule has 6 nitrogen and oxygen atoms in total. The number of nitrogens with one attached hydrogen (secondary N) is 2. The van der Waals surface area contributed by atoms with Crippen molar-refractivity contribution in [1.29, 1.82) is 0 Å². The zero-order chi connectivity index (χ0) is 13.1. The maximum Gasteiger partial charge on any atom is 0.317 e. The van der Waals surface area contributed by atoms with Crippen LogP contribution in [0, 0.1) is 0 Å². The van der Waals surface area contributed by atoms with E-state index in [0.717, 1.165) is 6.26 Å². The molecule has 0 unspecified atom stereocenters. The zero-order valence-electron chi connectivity index (χ0n) is 10.6. The maximum absolute atomic E-state index is 11.7. The molecule has 0 aromatic rings. The van der Waals surface area contributed by atoms with Gasteiger partial charge in [0.2, 0.25) is 10.0 Å². The van der Waals surface area contributed by atoms with E-state index in [2.05, 4.69) is 10.0 Å². The van der Waals surface area contributed by atoms with Crippen molar-refractivity contribution in [1.82, 2.24) is 14.9 Å². The Morgan fingerprint density at radius 1 is 1.29 bits per heavy atom. The van der Waals surface area contributed by atoms with Gasteiger partial charge < -0.3 is 10.2 Å². The molecule has 1 heterocycles. The first-order valence-corrected chi connectivity index (χ1v) is 7.70. The van der Waals surface area contributed by atoms with Crippen LogP contribution in [0.1, 0.15) is 26.7 Å². The Hall–Kier alpha value is -0.820. The molecule has 0 spiro atoms. The molecule has 1 rings (SSSR count). The van der Waals surface area contributed by atoms with E-state index in [-0.39, 0.29) is 18.1 Å². The fourth-order valence-electron chi connectivity index (χ4n) is 1.84. The van der Waals surface area contributed by atoms with Crippen LogP contribution in [0.5, 0.6) is 0 Å². The summed E-state index contributed by atoms with van der Waals surface area (Å²) in [5, 5.41) is 2.82. The summed E-state index contributed by atoms with van der Waals surface area (Å²) in [4.78, 5) is 13.4. The Balaban J connectivity index is 2.38. The lowest BCUT2D eigenvalue weighted by molar-refractivity contribution is 0.177. The Labute approximate surface area is 103 Å². The van der Waals surface area contributed by atoms with E-state index in [1.165, 1.54) is 0 Å². The van der Waals surface area contributed by atoms with Crippen molar-refractivity contribution in [2.24, 2.45) is 0 Å². The number of amides is 2. The van der Waals surface area contributed by atoms with Gasteiger partial charge in [-0.1, -0.05) is 0 Å². The van der Waals surface area contributed by atoms with Crippen LogP contribution < -0.4 is 10.0 Å². The summed E-state index contributed by atoms with van der Waals surface area (Å²) < 4.78 is 24.7. The molecule has 1 fully saturated rings. The second kappa shape index (κ2) is 5.68. The van der Waals surface area contributed by atoms with E-state index < -0.39 is 10.0 Å². The maximum atomic E-state index is 11.7. The van der Waals surface area contributed by atoms with Crippen molar-refractivity contribution in [3.63, 3.8) is 0 Å². The van der Waals surface area contributed by atoms with Gasteiger partial charge in [0, 0.05) is 25.2 Å². The third-order valence-electron chi connectivity index (χ3n) is 2.58. The smallest absolute Gasteiger partial charge is 0.317 e. The number of hydrogen-bond donors (Lipinski definition) is 2. The fraction of sp³-hybridized carbons (Fsp3) is 0.900. The lowest BCUT2D eigenvalue weighted by atomic mass is 10.1. The molecule has 100 valence electrons. The molecule has 0 bridgehead atoms. The molecule has 1 aliphatic heterocycles. The molecular formula is C10H21N3O3S. The first-order valence-electron chi connectivity index (χ1n) is 5.80. The summed E-state index contributed by atoms with van der Waals surface area (Å²) in [7, 11) is -3.15. The highest BCUT2D eigenvalue weighted by Gasteiger charge is 2.24. The van der Waals surface area contributed by atoms with Crippen LogP contribution in [0.4, 0.5) is 4.79 Å². The molecule has 0 aliphatic carbocycles. The Bertz CT molecular complexity index is 359. The van der Waals surface area contributed by atoms with Gasteiger partial charge in [0.25, 0.3) is 0 Å². The Morgan fingerprint density at radius 3 is 2.24 bits per heavy atom. The summed E-state index contributed by atoms with van der Waals surface area (Å²) in [6.45, 7) is 5.00. The topological polar surface area (TPSA) is 78.5 Å². The van der Waals surface area contributed by atoms with E-state index >= 15 is 0 Å². The molecule has 1 aliphatic rings. The highest BCUT2D eigenvalue weighted by molar-refractivity contribution is 7.88. The van der Waals surface area contributed by atoms with Crippen LogP contribution >= 0.6 is 0 Å². The van der Waals surface area contributed by atoms with Crippen molar-refractivity contribution in [3.8, 4) is 0 Å². The summed E-state index contributed by atoms with van der Waals surface area (Å²) in [6, 6.07) is 0.000253. The Morgan fingerprint density at radius 2 is 1.82 bits per heavy atom. The predicted octanol–water partition coefficient (Wildman–Crippen LogP) is 0.118. The van der Waals surface area contributed by atoms with Crippen LogP contribution in [0.25, 0.3) is 0 Å². The number of carbonyl (C=O) groups is 1. The molecule has 0 saturated carbocycles. The monoisotopic (exact) mass is 263 g/mol. The average molecular weight is 263 g/mol. The van der Waals surface area contributed by atoms with Crippen molar-refractivity contribution in [2.75, 3.05) is 19.3 Å². The minimum absolute atomic E-state index is 0.0481. The second-order valence-corrected chi connectivity index (χ2v) is 6.54. The lowest BCUT2D eigenvalue weighted by Gasteiger charge is -2.32. The van der Waals surface area contributed by atoms with Gasteiger partial charge in [0.05, 0.1) is 6.26 Å². The lowest BCUT2D eigenvalue weighted by Crippen LogP contribution is -2.50. The minimum atomic E-state index is -3.15. The van der Waals surface area contributed by atoms with Crippen molar-refractivity contribution >= 4 is 16.1 Å². The minimum Gasteiger partial charge on any atom is -0.336 e. The largest absolute Gasteiger partial charge is 0.336 e. The third kappa shape index (κ3) is 5.36. The Kier molecular flexibility index (Phi) is 4.76. The molecule has 2 amide bonds. The van der Waals surface area contributed by atoms with Gasteiger partial charge in [-0.15, -0.1) is 0 Å². The van der Waals surface area contributed by atoms with E-state index in [0.29, 0.717) is 25.9 Å². The van der Waals surface area contributed by atoms with Crippen LogP contribution in [-0.2, 0) is 10.0 Å². The summed E-state index contributed by atoms with van der Waals surface area (Å²) in [6.07, 6.45) is 2.49. The average Bonchev–Trinajstić information content (AvgIpc) is 2.15. The molecule has 1 saturated heterocycles. The quantitative estimate of drug-likeness (QED) is 0.759. The van der Waals surface area contributed by atoms with Gasteiger partial charge >= 0.3 is 6.03 Å². The number of likely N-dealkylation sites (tertiary alicyclic amines) is 1. The van der Waals surface area contributed by atoms with Crippen molar-refractivity contribution in [2.45, 2.75) is 38.8 Å². The third-order valence-corrected chi connectivity index (χ3v) is 3.34. The van der Waals surface area contributed by atoms with Crippen LogP contribution in [0.2, 0.25) is 0 Å². The SMILES string of the molecule is CC(C)NC(=O)N1CCC(NS(C)(=O)=O)CC1. The summed E-state index contributed by atoms with van der Waals surface area (Å²) in [5.41, 5.74) is 0. The van der Waals surface area contributed by atoms with Gasteiger partial charge in [-0.25, -0.2) is 17.9 Å². The second-order valence-electron chi connectivity index (χ2n) is 4.76. The molecular weight excluding hydrogens is 242 g/mol. The van der Waals surface area contributed by atoms with Gasteiger partial charge in [-0.3, -0.25) is 0 Å². The summed E-state index contributed by atoms with van der Waals surface area (Å²) >= 11 is 0. The van der Waals surface area contributed by atoms with Gasteiger partial charge in [0.1, 0.15) is 0 Å².